The van der Waals surface area contributed by atoms with Crippen molar-refractivity contribution in [1.82, 2.24) is 0 Å². The zero-order chi connectivity index (χ0) is 35.3. The van der Waals surface area contributed by atoms with E-state index in [1.54, 1.807) is 36.4 Å². The van der Waals surface area contributed by atoms with Crippen LogP contribution in [-0.4, -0.2) is 109 Å². The summed E-state index contributed by atoms with van der Waals surface area (Å²) >= 11 is 0. The van der Waals surface area contributed by atoms with Gasteiger partial charge in [0.05, 0.1) is 11.1 Å². The van der Waals surface area contributed by atoms with Gasteiger partial charge in [0, 0.05) is 5.56 Å². The van der Waals surface area contributed by atoms with Gasteiger partial charge in [-0.05, 0) is 54.6 Å². The first kappa shape index (κ1) is 35.2. The Morgan fingerprint density at radius 2 is 1.45 bits per heavy atom. The molecule has 0 radical (unpaired) electrons. The maximum absolute atomic E-state index is 13.0. The van der Waals surface area contributed by atoms with Crippen molar-refractivity contribution in [2.75, 3.05) is 6.61 Å². The van der Waals surface area contributed by atoms with Crippen molar-refractivity contribution in [3.63, 3.8) is 0 Å². The minimum Gasteiger partial charge on any atom is -0.508 e. The van der Waals surface area contributed by atoms with Crippen LogP contribution in [0.15, 0.2) is 91.0 Å². The second-order valence-electron chi connectivity index (χ2n) is 11.1. The number of aliphatic hydroxyl groups excluding tert-OH is 4. The van der Waals surface area contributed by atoms with Crippen molar-refractivity contribution in [2.45, 2.75) is 55.1 Å². The van der Waals surface area contributed by atoms with Gasteiger partial charge in [0.1, 0.15) is 49.1 Å². The summed E-state index contributed by atoms with van der Waals surface area (Å²) in [6, 6.07) is 19.1. The number of ketones is 1. The molecule has 49 heavy (non-hydrogen) atoms. The number of phenolic OH excluding ortho intramolecular Hbond substituents is 1. The number of aliphatic hydroxyl groups is 5. The molecule has 3 aromatic carbocycles. The van der Waals surface area contributed by atoms with Gasteiger partial charge < -0.3 is 54.3 Å². The molecular formula is C34H32O15. The molecule has 0 aromatic heterocycles. The van der Waals surface area contributed by atoms with Crippen LogP contribution in [0.3, 0.4) is 0 Å². The maximum Gasteiger partial charge on any atom is 0.344 e. The van der Waals surface area contributed by atoms with Gasteiger partial charge in [-0.1, -0.05) is 36.4 Å². The fraction of sp³-hybridized carbons (Fsp3) is 0.294. The van der Waals surface area contributed by atoms with Crippen molar-refractivity contribution in [3.8, 4) is 11.5 Å². The number of phenols is 1. The number of ether oxygens (including phenoxy) is 5. The number of hydrogen-bond acceptors (Lipinski definition) is 15. The maximum atomic E-state index is 13.0. The van der Waals surface area contributed by atoms with Crippen LogP contribution in [0.25, 0.3) is 0 Å². The lowest BCUT2D eigenvalue weighted by molar-refractivity contribution is -0.276. The molecule has 0 spiro atoms. The molecule has 1 heterocycles. The molecule has 1 saturated heterocycles. The molecule has 2 aliphatic rings. The number of hydrogen-bond donors (Lipinski definition) is 6. The molecule has 5 rings (SSSR count). The van der Waals surface area contributed by atoms with Crippen LogP contribution < -0.4 is 4.74 Å². The zero-order valence-electron chi connectivity index (χ0n) is 25.5. The number of esters is 3. The first-order chi connectivity index (χ1) is 23.4. The number of benzene rings is 3. The van der Waals surface area contributed by atoms with Crippen LogP contribution in [-0.2, 0) is 35.1 Å². The van der Waals surface area contributed by atoms with Crippen molar-refractivity contribution in [2.24, 2.45) is 0 Å². The summed E-state index contributed by atoms with van der Waals surface area (Å²) in [5.74, 6) is -4.83. The molecule has 3 aromatic rings. The second kappa shape index (κ2) is 14.9. The molecule has 6 N–H and O–H groups in total. The number of carbonyl (C=O) groups is 4. The monoisotopic (exact) mass is 680 g/mol. The normalized spacial score (nSPS) is 27.9. The highest BCUT2D eigenvalue weighted by Crippen LogP contribution is 2.32. The van der Waals surface area contributed by atoms with Crippen LogP contribution in [0.1, 0.15) is 26.3 Å². The molecule has 1 aliphatic carbocycles. The molecule has 0 unspecified atom stereocenters. The standard InChI is InChI=1S/C34H32O15/c35-21-11-13-23(20(15-21)16-46-33(43)34(44)25(37)14-12-22(36)29(34)40)47-32-28(49-31(42)19-9-5-2-6-10-19)27(39)26(38)24(48-32)17-45-30(41)18-7-3-1-4-8-18/h1-15,24-29,32,35,37-40,44H,16-17H2/t24-,25-,26-,27+,28-,29+,32-,34-/m1/s1. The van der Waals surface area contributed by atoms with Crippen LogP contribution in [0.4, 0.5) is 0 Å². The Balaban J connectivity index is 1.38. The summed E-state index contributed by atoms with van der Waals surface area (Å²) in [6.45, 7) is -1.34. The molecule has 0 amide bonds. The lowest BCUT2D eigenvalue weighted by Crippen LogP contribution is -2.62. The van der Waals surface area contributed by atoms with E-state index >= 15 is 0 Å². The quantitative estimate of drug-likeness (QED) is 0.122. The first-order valence-corrected chi connectivity index (χ1v) is 14.9. The van der Waals surface area contributed by atoms with Gasteiger partial charge >= 0.3 is 17.9 Å². The zero-order valence-corrected chi connectivity index (χ0v) is 25.5. The predicted octanol–water partition coefficient (Wildman–Crippen LogP) is -0.0647. The third-order valence-electron chi connectivity index (χ3n) is 7.84. The van der Waals surface area contributed by atoms with Crippen LogP contribution in [0.2, 0.25) is 0 Å². The minimum atomic E-state index is -3.04. The highest BCUT2D eigenvalue weighted by Gasteiger charge is 2.55. The third kappa shape index (κ3) is 7.62. The summed E-state index contributed by atoms with van der Waals surface area (Å²) in [5, 5.41) is 63.2. The lowest BCUT2D eigenvalue weighted by atomic mass is 9.83. The Kier molecular flexibility index (Phi) is 10.7. The Morgan fingerprint density at radius 1 is 0.816 bits per heavy atom. The second-order valence-corrected chi connectivity index (χ2v) is 11.1. The van der Waals surface area contributed by atoms with Crippen molar-refractivity contribution in [1.29, 1.82) is 0 Å². The van der Waals surface area contributed by atoms with E-state index < -0.39 is 85.4 Å². The van der Waals surface area contributed by atoms with Crippen molar-refractivity contribution in [3.05, 3.63) is 108 Å². The predicted molar refractivity (Wildman–Crippen MR) is 163 cm³/mol. The Bertz CT molecular complexity index is 1690. The van der Waals surface area contributed by atoms with Gasteiger partial charge in [-0.3, -0.25) is 4.79 Å². The average Bonchev–Trinajstić information content (AvgIpc) is 3.11. The van der Waals surface area contributed by atoms with Gasteiger partial charge in [0.15, 0.2) is 18.0 Å². The largest absolute Gasteiger partial charge is 0.508 e. The number of rotatable bonds is 10. The van der Waals surface area contributed by atoms with E-state index in [1.165, 1.54) is 36.4 Å². The Labute approximate surface area is 278 Å². The fourth-order valence-electron chi connectivity index (χ4n) is 5.06. The molecular weight excluding hydrogens is 648 g/mol. The van der Waals surface area contributed by atoms with Crippen LogP contribution >= 0.6 is 0 Å². The third-order valence-corrected chi connectivity index (χ3v) is 7.84. The van der Waals surface area contributed by atoms with Crippen molar-refractivity contribution >= 4 is 23.7 Å². The van der Waals surface area contributed by atoms with E-state index in [9.17, 15) is 49.8 Å². The van der Waals surface area contributed by atoms with E-state index in [-0.39, 0.29) is 28.2 Å². The lowest BCUT2D eigenvalue weighted by Gasteiger charge is -2.41. The minimum absolute atomic E-state index is 0.0944. The summed E-state index contributed by atoms with van der Waals surface area (Å²) in [6.07, 6.45) is -11.1. The van der Waals surface area contributed by atoms with Gasteiger partial charge in [0.25, 0.3) is 0 Å². The molecule has 258 valence electrons. The molecule has 15 nitrogen and oxygen atoms in total. The molecule has 15 heteroatoms. The first-order valence-electron chi connectivity index (χ1n) is 14.9. The van der Waals surface area contributed by atoms with E-state index in [4.69, 9.17) is 23.7 Å². The Morgan fingerprint density at radius 3 is 2.10 bits per heavy atom. The van der Waals surface area contributed by atoms with E-state index in [0.717, 1.165) is 18.2 Å². The van der Waals surface area contributed by atoms with Crippen LogP contribution in [0.5, 0.6) is 11.5 Å². The SMILES string of the molecule is O=C(OC[C@H]1O[C@@H](Oc2ccc(O)cc2COC(=O)[C@@]2(O)[C@H](O)C=CC(=O)[C@@H]2O)[C@H](OC(=O)c2ccccc2)[C@@H](O)[C@@H]1O)c1ccccc1. The van der Waals surface area contributed by atoms with Gasteiger partial charge in [0.2, 0.25) is 11.9 Å². The smallest absolute Gasteiger partial charge is 0.344 e. The topological polar surface area (TPSA) is 236 Å². The average molecular weight is 681 g/mol. The van der Waals surface area contributed by atoms with Gasteiger partial charge in [-0.15, -0.1) is 0 Å². The molecule has 8 atom stereocenters. The van der Waals surface area contributed by atoms with Gasteiger partial charge in [-0.2, -0.15) is 0 Å². The van der Waals surface area contributed by atoms with E-state index in [1.807, 2.05) is 0 Å². The number of carbonyl (C=O) groups excluding carboxylic acids is 4. The molecule has 1 fully saturated rings. The van der Waals surface area contributed by atoms with Crippen LogP contribution in [0, 0.1) is 0 Å². The summed E-state index contributed by atoms with van der Waals surface area (Å²) in [5.41, 5.74) is -2.84. The molecule has 1 aliphatic heterocycles. The van der Waals surface area contributed by atoms with E-state index in [2.05, 4.69) is 0 Å². The molecule has 0 saturated carbocycles. The van der Waals surface area contributed by atoms with Crippen molar-refractivity contribution < 1.29 is 73.5 Å². The Hall–Kier alpha value is -5.16. The number of aromatic hydroxyl groups is 1. The highest BCUT2D eigenvalue weighted by molar-refractivity contribution is 6.01. The van der Waals surface area contributed by atoms with Gasteiger partial charge in [-0.25, -0.2) is 14.4 Å². The summed E-state index contributed by atoms with van der Waals surface area (Å²) in [4.78, 5) is 50.3. The van der Waals surface area contributed by atoms with E-state index in [0.29, 0.717) is 0 Å². The fourth-order valence-corrected chi connectivity index (χ4v) is 5.06. The summed E-state index contributed by atoms with van der Waals surface area (Å²) in [7, 11) is 0. The highest BCUT2D eigenvalue weighted by atomic mass is 16.7. The summed E-state index contributed by atoms with van der Waals surface area (Å²) < 4.78 is 27.7. The molecule has 0 bridgehead atoms.